The second-order valence-corrected chi connectivity index (χ2v) is 6.01. The molecule has 0 fully saturated rings. The standard InChI is InChI=1S/C18H17N5.2ClH/c1-3-15-16-4-2-14(23-8-6-20-12-23)10-18(16)21-17(15)9-13(1)22-7-5-19-11-22;;/h1-4,9-12,21H,5-8H2;2*1H. The molecule has 0 amide bonds. The van der Waals surface area contributed by atoms with E-state index in [1.165, 1.54) is 33.2 Å². The molecule has 0 aliphatic carbocycles. The number of rotatable bonds is 2. The Balaban J connectivity index is 0.000000911. The molecule has 0 saturated carbocycles. The average Bonchev–Trinajstić information content (AvgIpc) is 3.32. The maximum Gasteiger partial charge on any atom is 0.0895 e. The summed E-state index contributed by atoms with van der Waals surface area (Å²) in [5.41, 5.74) is 4.73. The third-order valence-electron chi connectivity index (χ3n) is 4.61. The molecule has 2 aliphatic heterocycles. The number of aromatic nitrogens is 1. The van der Waals surface area contributed by atoms with Crippen molar-refractivity contribution in [3.8, 4) is 0 Å². The summed E-state index contributed by atoms with van der Waals surface area (Å²) >= 11 is 0. The summed E-state index contributed by atoms with van der Waals surface area (Å²) in [5, 5.41) is 2.53. The van der Waals surface area contributed by atoms with Crippen LogP contribution in [-0.4, -0.2) is 43.8 Å². The Labute approximate surface area is 158 Å². The average molecular weight is 376 g/mol. The molecule has 0 spiro atoms. The molecule has 130 valence electrons. The van der Waals surface area contributed by atoms with Gasteiger partial charge in [-0.2, -0.15) is 0 Å². The zero-order chi connectivity index (χ0) is 15.2. The first-order valence-electron chi connectivity index (χ1n) is 7.97. The molecule has 1 aromatic heterocycles. The van der Waals surface area contributed by atoms with Crippen molar-refractivity contribution in [2.45, 2.75) is 0 Å². The Morgan fingerprint density at radius 1 is 0.720 bits per heavy atom. The van der Waals surface area contributed by atoms with E-state index < -0.39 is 0 Å². The van der Waals surface area contributed by atoms with Crippen molar-refractivity contribution in [2.75, 3.05) is 36.0 Å². The van der Waals surface area contributed by atoms with Gasteiger partial charge in [-0.05, 0) is 24.3 Å². The lowest BCUT2D eigenvalue weighted by atomic mass is 10.1. The fourth-order valence-electron chi connectivity index (χ4n) is 3.39. The van der Waals surface area contributed by atoms with E-state index in [-0.39, 0.29) is 24.8 Å². The second-order valence-electron chi connectivity index (χ2n) is 6.01. The van der Waals surface area contributed by atoms with Gasteiger partial charge in [0.15, 0.2) is 0 Å². The van der Waals surface area contributed by atoms with E-state index in [1.54, 1.807) is 0 Å². The predicted octanol–water partition coefficient (Wildman–Crippen LogP) is 3.86. The summed E-state index contributed by atoms with van der Waals surface area (Å²) in [6, 6.07) is 13.2. The summed E-state index contributed by atoms with van der Waals surface area (Å²) in [7, 11) is 0. The van der Waals surface area contributed by atoms with Gasteiger partial charge in [-0.15, -0.1) is 24.8 Å². The summed E-state index contributed by atoms with van der Waals surface area (Å²) in [6.45, 7) is 3.69. The van der Waals surface area contributed by atoms with Gasteiger partial charge in [0.2, 0.25) is 0 Å². The van der Waals surface area contributed by atoms with Crippen molar-refractivity contribution >= 4 is 70.7 Å². The Hall–Kier alpha value is -2.24. The van der Waals surface area contributed by atoms with Crippen LogP contribution in [0.15, 0.2) is 46.4 Å². The predicted molar refractivity (Wildman–Crippen MR) is 112 cm³/mol. The lowest BCUT2D eigenvalue weighted by Crippen LogP contribution is -2.17. The number of aromatic amines is 1. The molecule has 1 N–H and O–H groups in total. The fourth-order valence-corrected chi connectivity index (χ4v) is 3.39. The smallest absolute Gasteiger partial charge is 0.0895 e. The lowest BCUT2D eigenvalue weighted by molar-refractivity contribution is 1.02. The number of anilines is 2. The summed E-state index contributed by atoms with van der Waals surface area (Å²) in [4.78, 5) is 16.5. The van der Waals surface area contributed by atoms with Crippen LogP contribution >= 0.6 is 24.8 Å². The zero-order valence-electron chi connectivity index (χ0n) is 13.6. The van der Waals surface area contributed by atoms with Gasteiger partial charge in [0.25, 0.3) is 0 Å². The van der Waals surface area contributed by atoms with Crippen LogP contribution in [0.25, 0.3) is 21.8 Å². The second kappa shape index (κ2) is 6.94. The number of halogens is 2. The molecule has 5 nitrogen and oxygen atoms in total. The van der Waals surface area contributed by atoms with Gasteiger partial charge in [0, 0.05) is 46.3 Å². The highest BCUT2D eigenvalue weighted by Crippen LogP contribution is 2.31. The summed E-state index contributed by atoms with van der Waals surface area (Å²) in [5.74, 6) is 0. The van der Waals surface area contributed by atoms with Crippen LogP contribution in [0.1, 0.15) is 0 Å². The van der Waals surface area contributed by atoms with E-state index >= 15 is 0 Å². The van der Waals surface area contributed by atoms with Crippen LogP contribution in [0.2, 0.25) is 0 Å². The van der Waals surface area contributed by atoms with Crippen LogP contribution < -0.4 is 9.80 Å². The molecular weight excluding hydrogens is 357 g/mol. The molecule has 0 bridgehead atoms. The van der Waals surface area contributed by atoms with Gasteiger partial charge in [0.05, 0.1) is 25.8 Å². The first-order chi connectivity index (χ1) is 11.4. The molecule has 25 heavy (non-hydrogen) atoms. The number of H-pyrrole nitrogens is 1. The molecule has 3 aromatic rings. The van der Waals surface area contributed by atoms with Gasteiger partial charge in [-0.1, -0.05) is 12.1 Å². The van der Waals surface area contributed by atoms with Crippen molar-refractivity contribution in [3.63, 3.8) is 0 Å². The fraction of sp³-hybridized carbons (Fsp3) is 0.222. The molecular formula is C18H19Cl2N5. The molecule has 0 atom stereocenters. The number of fused-ring (bicyclic) bond motifs is 3. The van der Waals surface area contributed by atoms with E-state index in [1.807, 2.05) is 12.7 Å². The van der Waals surface area contributed by atoms with E-state index in [9.17, 15) is 0 Å². The Kier molecular flexibility index (Phi) is 4.88. The molecule has 3 heterocycles. The van der Waals surface area contributed by atoms with E-state index in [0.717, 1.165) is 26.2 Å². The summed E-state index contributed by atoms with van der Waals surface area (Å²) < 4.78 is 0. The van der Waals surface area contributed by atoms with Gasteiger partial charge in [0.1, 0.15) is 0 Å². The lowest BCUT2D eigenvalue weighted by Gasteiger charge is -2.13. The number of nitrogens with zero attached hydrogens (tertiary/aromatic N) is 4. The van der Waals surface area contributed by atoms with Crippen LogP contribution in [0.3, 0.4) is 0 Å². The van der Waals surface area contributed by atoms with Crippen molar-refractivity contribution in [3.05, 3.63) is 36.4 Å². The van der Waals surface area contributed by atoms with E-state index in [4.69, 9.17) is 0 Å². The molecule has 2 aliphatic rings. The Bertz CT molecular complexity index is 886. The van der Waals surface area contributed by atoms with Crippen molar-refractivity contribution in [1.82, 2.24) is 4.98 Å². The number of nitrogens with one attached hydrogen (secondary N) is 1. The minimum Gasteiger partial charge on any atom is -0.354 e. The van der Waals surface area contributed by atoms with Crippen LogP contribution in [0.5, 0.6) is 0 Å². The van der Waals surface area contributed by atoms with Crippen LogP contribution in [0.4, 0.5) is 11.4 Å². The minimum atomic E-state index is 0. The van der Waals surface area contributed by atoms with Gasteiger partial charge < -0.3 is 14.8 Å². The Morgan fingerprint density at radius 2 is 1.20 bits per heavy atom. The highest BCUT2D eigenvalue weighted by Gasteiger charge is 2.13. The van der Waals surface area contributed by atoms with E-state index in [2.05, 4.69) is 61.2 Å². The molecule has 5 rings (SSSR count). The first kappa shape index (κ1) is 17.6. The van der Waals surface area contributed by atoms with Crippen molar-refractivity contribution in [1.29, 1.82) is 0 Å². The molecule has 7 heteroatoms. The van der Waals surface area contributed by atoms with E-state index in [0.29, 0.717) is 0 Å². The van der Waals surface area contributed by atoms with Crippen LogP contribution in [-0.2, 0) is 0 Å². The monoisotopic (exact) mass is 375 g/mol. The van der Waals surface area contributed by atoms with Crippen molar-refractivity contribution in [2.24, 2.45) is 9.98 Å². The number of benzene rings is 2. The molecule has 0 unspecified atom stereocenters. The SMILES string of the molecule is C1=NCCN1c1ccc2c(c1)[nH]c1cc(N3C=NCC3)ccc12.Cl.Cl. The third kappa shape index (κ3) is 2.94. The largest absolute Gasteiger partial charge is 0.354 e. The molecule has 0 radical (unpaired) electrons. The Morgan fingerprint density at radius 3 is 1.60 bits per heavy atom. The first-order valence-corrected chi connectivity index (χ1v) is 7.97. The van der Waals surface area contributed by atoms with Crippen LogP contribution in [0, 0.1) is 0 Å². The third-order valence-corrected chi connectivity index (χ3v) is 4.61. The van der Waals surface area contributed by atoms with Gasteiger partial charge in [-0.3, -0.25) is 9.98 Å². The summed E-state index contributed by atoms with van der Waals surface area (Å²) in [6.07, 6.45) is 3.85. The maximum atomic E-state index is 4.29. The quantitative estimate of drug-likeness (QED) is 0.738. The minimum absolute atomic E-state index is 0. The normalized spacial score (nSPS) is 15.8. The van der Waals surface area contributed by atoms with Gasteiger partial charge in [-0.25, -0.2) is 0 Å². The molecule has 0 saturated heterocycles. The van der Waals surface area contributed by atoms with Crippen molar-refractivity contribution < 1.29 is 0 Å². The van der Waals surface area contributed by atoms with Gasteiger partial charge >= 0.3 is 0 Å². The highest BCUT2D eigenvalue weighted by molar-refractivity contribution is 6.09. The zero-order valence-corrected chi connectivity index (χ0v) is 15.2. The number of aliphatic imine (C=N–C) groups is 2. The maximum absolute atomic E-state index is 4.29. The molecule has 2 aromatic carbocycles. The highest BCUT2D eigenvalue weighted by atomic mass is 35.5. The topological polar surface area (TPSA) is 47.0 Å². The number of hydrogen-bond donors (Lipinski definition) is 1. The number of hydrogen-bond acceptors (Lipinski definition) is 4.